The molecule has 3 rings (SSSR count). The second kappa shape index (κ2) is 5.56. The van der Waals surface area contributed by atoms with Crippen molar-refractivity contribution in [2.24, 2.45) is 11.8 Å². The number of fused-ring (bicyclic) bond motifs is 1. The first-order valence-electron chi connectivity index (χ1n) is 6.54. The summed E-state index contributed by atoms with van der Waals surface area (Å²) in [6.45, 7) is 0. The second-order valence-corrected chi connectivity index (χ2v) is 8.15. The lowest BCUT2D eigenvalue weighted by molar-refractivity contribution is -0.122. The van der Waals surface area contributed by atoms with Crippen molar-refractivity contribution in [2.45, 2.75) is 22.5 Å². The van der Waals surface area contributed by atoms with Crippen LogP contribution in [0.25, 0.3) is 0 Å². The number of carbonyl (C=O) groups excluding carboxylic acids is 2. The zero-order valence-corrected chi connectivity index (χ0v) is 14.7. The molecule has 1 saturated heterocycles. The van der Waals surface area contributed by atoms with Gasteiger partial charge in [-0.25, -0.2) is 4.90 Å². The Morgan fingerprint density at radius 2 is 1.62 bits per heavy atom. The summed E-state index contributed by atoms with van der Waals surface area (Å²) in [6.07, 6.45) is 1.20. The van der Waals surface area contributed by atoms with Crippen molar-refractivity contribution in [1.29, 1.82) is 0 Å². The number of benzene rings is 1. The summed E-state index contributed by atoms with van der Waals surface area (Å²) in [5, 5.41) is 10.3. The van der Waals surface area contributed by atoms with Gasteiger partial charge in [0.1, 0.15) is 5.75 Å². The van der Waals surface area contributed by atoms with E-state index < -0.39 is 0 Å². The minimum atomic E-state index is -0.339. The number of carbonyl (C=O) groups is 2. The average molecular weight is 438 g/mol. The largest absolute Gasteiger partial charge is 0.506 e. The number of rotatable bonds is 1. The van der Waals surface area contributed by atoms with Crippen LogP contribution in [0.4, 0.5) is 5.69 Å². The molecule has 1 heterocycles. The molecule has 7 heteroatoms. The lowest BCUT2D eigenvalue weighted by atomic mass is 9.81. The Hall–Kier alpha value is -0.590. The molecule has 21 heavy (non-hydrogen) atoms. The molecule has 0 bridgehead atoms. The Morgan fingerprint density at radius 1 is 1.10 bits per heavy atom. The number of nitrogens with zero attached hydrogens (tertiary/aromatic N) is 1. The summed E-state index contributed by atoms with van der Waals surface area (Å²) in [5.74, 6) is -1.31. The second-order valence-electron chi connectivity index (χ2n) is 5.36. The van der Waals surface area contributed by atoms with Gasteiger partial charge in [0.05, 0.1) is 17.5 Å². The first kappa shape index (κ1) is 15.3. The number of anilines is 1. The van der Waals surface area contributed by atoms with Crippen molar-refractivity contribution in [3.05, 3.63) is 23.2 Å². The highest BCUT2D eigenvalue weighted by molar-refractivity contribution is 9.12. The van der Waals surface area contributed by atoms with Crippen molar-refractivity contribution in [3.63, 3.8) is 0 Å². The molecule has 2 amide bonds. The molecule has 2 aliphatic rings. The summed E-state index contributed by atoms with van der Waals surface area (Å²) >= 11 is 13.0. The third-order valence-corrected chi connectivity index (χ3v) is 7.06. The third kappa shape index (κ3) is 2.51. The molecule has 0 unspecified atom stereocenters. The van der Waals surface area contributed by atoms with Gasteiger partial charge < -0.3 is 5.11 Å². The van der Waals surface area contributed by atoms with E-state index in [4.69, 9.17) is 11.6 Å². The minimum absolute atomic E-state index is 0.120. The highest BCUT2D eigenvalue weighted by Gasteiger charge is 2.52. The fraction of sp³-hybridized carbons (Fsp3) is 0.429. The van der Waals surface area contributed by atoms with Gasteiger partial charge in [-0.2, -0.15) is 0 Å². The van der Waals surface area contributed by atoms with Crippen molar-refractivity contribution < 1.29 is 14.7 Å². The molecule has 1 aliphatic carbocycles. The van der Waals surface area contributed by atoms with E-state index in [1.807, 2.05) is 0 Å². The van der Waals surface area contributed by atoms with Crippen LogP contribution < -0.4 is 4.90 Å². The van der Waals surface area contributed by atoms with Crippen molar-refractivity contribution in [1.82, 2.24) is 0 Å². The van der Waals surface area contributed by atoms with Gasteiger partial charge in [-0.1, -0.05) is 43.5 Å². The minimum Gasteiger partial charge on any atom is -0.506 e. The number of phenolic OH excluding ortho intramolecular Hbond substituents is 1. The third-order valence-electron chi connectivity index (χ3n) is 4.09. The van der Waals surface area contributed by atoms with Crippen LogP contribution in [0.15, 0.2) is 18.2 Å². The van der Waals surface area contributed by atoms with Crippen molar-refractivity contribution >= 4 is 61.0 Å². The summed E-state index contributed by atoms with van der Waals surface area (Å²) in [5.41, 5.74) is 0.171. The molecule has 0 spiro atoms. The molecule has 1 N–H and O–H groups in total. The number of alkyl halides is 2. The maximum Gasteiger partial charge on any atom is 0.237 e. The first-order chi connectivity index (χ1) is 9.90. The predicted octanol–water partition coefficient (Wildman–Crippen LogP) is 3.47. The van der Waals surface area contributed by atoms with E-state index in [-0.39, 0.29) is 44.7 Å². The number of phenols is 1. The van der Waals surface area contributed by atoms with Crippen LogP contribution in [0, 0.1) is 11.8 Å². The molecule has 1 aliphatic heterocycles. The normalized spacial score (nSPS) is 32.4. The van der Waals surface area contributed by atoms with Crippen LogP contribution in [-0.4, -0.2) is 26.6 Å². The Morgan fingerprint density at radius 3 is 2.14 bits per heavy atom. The van der Waals surface area contributed by atoms with Crippen LogP contribution in [0.1, 0.15) is 12.8 Å². The van der Waals surface area contributed by atoms with Crippen LogP contribution in [0.3, 0.4) is 0 Å². The lowest BCUT2D eigenvalue weighted by Crippen LogP contribution is -2.34. The Labute approximate surface area is 143 Å². The number of imide groups is 1. The topological polar surface area (TPSA) is 57.6 Å². The van der Waals surface area contributed by atoms with E-state index in [2.05, 4.69) is 31.9 Å². The van der Waals surface area contributed by atoms with Gasteiger partial charge in [-0.15, -0.1) is 0 Å². The predicted molar refractivity (Wildman–Crippen MR) is 87.3 cm³/mol. The van der Waals surface area contributed by atoms with E-state index in [0.29, 0.717) is 17.9 Å². The molecule has 4 nitrogen and oxygen atoms in total. The summed E-state index contributed by atoms with van der Waals surface area (Å²) in [6, 6.07) is 4.35. The van der Waals surface area contributed by atoms with Gasteiger partial charge in [0, 0.05) is 14.7 Å². The quantitative estimate of drug-likeness (QED) is 0.541. The molecule has 0 aromatic heterocycles. The number of amides is 2. The lowest BCUT2D eigenvalue weighted by Gasteiger charge is -2.29. The van der Waals surface area contributed by atoms with Gasteiger partial charge in [0.15, 0.2) is 0 Å². The van der Waals surface area contributed by atoms with E-state index in [9.17, 15) is 14.7 Å². The van der Waals surface area contributed by atoms with E-state index in [0.717, 1.165) is 4.90 Å². The molecule has 2 fully saturated rings. The molecule has 1 aromatic carbocycles. The van der Waals surface area contributed by atoms with Gasteiger partial charge in [0.2, 0.25) is 11.8 Å². The van der Waals surface area contributed by atoms with Gasteiger partial charge in [-0.3, -0.25) is 9.59 Å². The van der Waals surface area contributed by atoms with E-state index in [1.165, 1.54) is 18.2 Å². The van der Waals surface area contributed by atoms with Gasteiger partial charge in [-0.05, 0) is 31.0 Å². The number of hydrogen-bond acceptors (Lipinski definition) is 3. The van der Waals surface area contributed by atoms with E-state index in [1.54, 1.807) is 0 Å². The maximum atomic E-state index is 12.6. The highest BCUT2D eigenvalue weighted by Crippen LogP contribution is 2.46. The Bertz CT molecular complexity index is 596. The molecule has 4 atom stereocenters. The number of hydrogen-bond donors (Lipinski definition) is 1. The fourth-order valence-electron chi connectivity index (χ4n) is 3.01. The van der Waals surface area contributed by atoms with Crippen LogP contribution in [0.5, 0.6) is 5.75 Å². The van der Waals surface area contributed by atoms with Gasteiger partial charge in [0.25, 0.3) is 0 Å². The summed E-state index contributed by atoms with van der Waals surface area (Å²) < 4.78 is 0. The molecule has 112 valence electrons. The SMILES string of the molecule is O=C1[C@@H]2C[C@@H](Br)[C@@H](Br)C[C@H]2C(=O)N1c1cc(Cl)ccc1O. The summed E-state index contributed by atoms with van der Waals surface area (Å²) in [7, 11) is 0. The van der Waals surface area contributed by atoms with Crippen molar-refractivity contribution in [3.8, 4) is 5.75 Å². The molecular weight excluding hydrogens is 425 g/mol. The molecule has 0 radical (unpaired) electrons. The first-order valence-corrected chi connectivity index (χ1v) is 8.75. The van der Waals surface area contributed by atoms with Crippen LogP contribution in [0.2, 0.25) is 5.02 Å². The molecule has 1 aromatic rings. The fourth-order valence-corrected chi connectivity index (χ4v) is 4.41. The standard InChI is InChI=1S/C14H12Br2ClNO3/c15-9-4-7-8(5-10(9)16)14(21)18(13(7)20)11-3-6(17)1-2-12(11)19/h1-3,7-10,19H,4-5H2/t7-,8-,9-,10+/m1/s1. The monoisotopic (exact) mass is 435 g/mol. The maximum absolute atomic E-state index is 12.6. The number of aromatic hydroxyl groups is 1. The molecular formula is C14H12Br2ClNO3. The smallest absolute Gasteiger partial charge is 0.237 e. The zero-order valence-electron chi connectivity index (χ0n) is 10.8. The zero-order chi connectivity index (χ0) is 15.3. The number of halogens is 3. The Kier molecular flexibility index (Phi) is 4.05. The van der Waals surface area contributed by atoms with Crippen LogP contribution in [-0.2, 0) is 9.59 Å². The highest BCUT2D eigenvalue weighted by atomic mass is 79.9. The van der Waals surface area contributed by atoms with Gasteiger partial charge >= 0.3 is 0 Å². The Balaban J connectivity index is 2.00. The molecule has 1 saturated carbocycles. The van der Waals surface area contributed by atoms with E-state index >= 15 is 0 Å². The van der Waals surface area contributed by atoms with Crippen molar-refractivity contribution in [2.75, 3.05) is 4.90 Å². The summed E-state index contributed by atoms with van der Waals surface area (Å²) in [4.78, 5) is 26.6. The average Bonchev–Trinajstić information content (AvgIpc) is 2.66. The van der Waals surface area contributed by atoms with Crippen LogP contribution >= 0.6 is 43.5 Å².